The van der Waals surface area contributed by atoms with Crippen LogP contribution in [0.5, 0.6) is 0 Å². The summed E-state index contributed by atoms with van der Waals surface area (Å²) < 4.78 is 32.8. The van der Waals surface area contributed by atoms with Gasteiger partial charge in [0.2, 0.25) is 15.9 Å². The quantitative estimate of drug-likeness (QED) is 0.247. The Morgan fingerprint density at radius 3 is 1.97 bits per heavy atom. The minimum atomic E-state index is -3.64. The van der Waals surface area contributed by atoms with E-state index < -0.39 is 10.0 Å². The standard InChI is InChI=1S/C28H32N2O5S/c31-27(14-7-15-28(32)35-22-8-13-23-9-3-1-4-10-23)30-25-16-18-26(19-17-25)36(33,34)29-21-20-24-11-5-2-6-12-24/h1-6,9-12,16-19,29H,7-8,13-15,20-22H2,(H,30,31). The molecular weight excluding hydrogens is 476 g/mol. The minimum absolute atomic E-state index is 0.128. The molecule has 0 saturated heterocycles. The molecule has 3 aromatic rings. The predicted molar refractivity (Wildman–Crippen MR) is 140 cm³/mol. The molecule has 1 amide bonds. The van der Waals surface area contributed by atoms with Crippen LogP contribution < -0.4 is 10.0 Å². The van der Waals surface area contributed by atoms with Crippen LogP contribution in [0.15, 0.2) is 89.8 Å². The molecule has 190 valence electrons. The number of carbonyl (C=O) groups is 2. The second-order valence-corrected chi connectivity index (χ2v) is 10.1. The normalized spacial score (nSPS) is 11.1. The molecule has 0 spiro atoms. The van der Waals surface area contributed by atoms with Crippen molar-refractivity contribution in [1.29, 1.82) is 0 Å². The topological polar surface area (TPSA) is 102 Å². The molecule has 8 heteroatoms. The Morgan fingerprint density at radius 1 is 0.722 bits per heavy atom. The zero-order valence-electron chi connectivity index (χ0n) is 20.2. The summed E-state index contributed by atoms with van der Waals surface area (Å²) in [6.45, 7) is 0.649. The summed E-state index contributed by atoms with van der Waals surface area (Å²) in [5.74, 6) is -0.561. The number of hydrogen-bond donors (Lipinski definition) is 2. The van der Waals surface area contributed by atoms with Crippen LogP contribution in [-0.2, 0) is 37.2 Å². The summed E-state index contributed by atoms with van der Waals surface area (Å²) in [6, 6.07) is 25.6. The van der Waals surface area contributed by atoms with Crippen molar-refractivity contribution < 1.29 is 22.7 Å². The Bertz CT molecular complexity index is 1200. The summed E-state index contributed by atoms with van der Waals surface area (Å²) >= 11 is 0. The number of rotatable bonds is 14. The highest BCUT2D eigenvalue weighted by atomic mass is 32.2. The van der Waals surface area contributed by atoms with Crippen LogP contribution in [0, 0.1) is 0 Å². The number of carbonyl (C=O) groups excluding carboxylic acids is 2. The van der Waals surface area contributed by atoms with Gasteiger partial charge in [0.15, 0.2) is 0 Å². The maximum absolute atomic E-state index is 12.5. The van der Waals surface area contributed by atoms with Crippen LogP contribution in [0.4, 0.5) is 5.69 Å². The molecule has 0 atom stereocenters. The molecule has 7 nitrogen and oxygen atoms in total. The first kappa shape index (κ1) is 27.1. The Balaban J connectivity index is 1.31. The van der Waals surface area contributed by atoms with Gasteiger partial charge in [0, 0.05) is 25.1 Å². The first-order chi connectivity index (χ1) is 17.4. The third kappa shape index (κ3) is 9.64. The Kier molecular flexibility index (Phi) is 10.7. The molecule has 0 aromatic heterocycles. The molecule has 0 aliphatic carbocycles. The van der Waals surface area contributed by atoms with E-state index in [9.17, 15) is 18.0 Å². The number of hydrogen-bond acceptors (Lipinski definition) is 5. The fourth-order valence-electron chi connectivity index (χ4n) is 3.57. The molecule has 2 N–H and O–H groups in total. The molecule has 0 aliphatic heterocycles. The molecule has 0 unspecified atom stereocenters. The van der Waals surface area contributed by atoms with E-state index in [0.717, 1.165) is 18.4 Å². The van der Waals surface area contributed by atoms with Gasteiger partial charge in [-0.15, -0.1) is 0 Å². The minimum Gasteiger partial charge on any atom is -0.466 e. The Labute approximate surface area is 212 Å². The van der Waals surface area contributed by atoms with E-state index in [0.29, 0.717) is 31.7 Å². The number of nitrogens with one attached hydrogen (secondary N) is 2. The van der Waals surface area contributed by atoms with Gasteiger partial charge in [-0.3, -0.25) is 9.59 Å². The molecule has 3 rings (SSSR count). The maximum Gasteiger partial charge on any atom is 0.305 e. The van der Waals surface area contributed by atoms with Gasteiger partial charge in [-0.25, -0.2) is 13.1 Å². The molecule has 0 aliphatic rings. The summed E-state index contributed by atoms with van der Waals surface area (Å²) in [6.07, 6.45) is 2.91. The first-order valence-electron chi connectivity index (χ1n) is 12.1. The highest BCUT2D eigenvalue weighted by molar-refractivity contribution is 7.89. The monoisotopic (exact) mass is 508 g/mol. The van der Waals surface area contributed by atoms with Crippen molar-refractivity contribution >= 4 is 27.6 Å². The molecule has 0 saturated carbocycles. The van der Waals surface area contributed by atoms with Crippen molar-refractivity contribution in [2.75, 3.05) is 18.5 Å². The highest BCUT2D eigenvalue weighted by Gasteiger charge is 2.14. The lowest BCUT2D eigenvalue weighted by Gasteiger charge is -2.09. The first-order valence-corrected chi connectivity index (χ1v) is 13.5. The second-order valence-electron chi connectivity index (χ2n) is 8.37. The number of amides is 1. The van der Waals surface area contributed by atoms with E-state index in [2.05, 4.69) is 10.0 Å². The van der Waals surface area contributed by atoms with Gasteiger partial charge < -0.3 is 10.1 Å². The zero-order chi connectivity index (χ0) is 25.6. The number of sulfonamides is 1. The van der Waals surface area contributed by atoms with Gasteiger partial charge in [0.05, 0.1) is 11.5 Å². The van der Waals surface area contributed by atoms with E-state index in [1.54, 1.807) is 12.1 Å². The van der Waals surface area contributed by atoms with Crippen LogP contribution in [-0.4, -0.2) is 33.4 Å². The Morgan fingerprint density at radius 2 is 1.33 bits per heavy atom. The number of esters is 1. The summed E-state index contributed by atoms with van der Waals surface area (Å²) in [5, 5.41) is 2.72. The average Bonchev–Trinajstić information content (AvgIpc) is 2.88. The van der Waals surface area contributed by atoms with Crippen molar-refractivity contribution in [3.8, 4) is 0 Å². The summed E-state index contributed by atoms with van der Waals surface area (Å²) in [7, 11) is -3.64. The molecule has 0 fully saturated rings. The van der Waals surface area contributed by atoms with Crippen molar-refractivity contribution in [3.05, 3.63) is 96.1 Å². The number of ether oxygens (including phenoxy) is 1. The van der Waals surface area contributed by atoms with Crippen molar-refractivity contribution in [2.45, 2.75) is 43.4 Å². The number of benzene rings is 3. The van der Waals surface area contributed by atoms with E-state index in [-0.39, 0.29) is 29.6 Å². The number of anilines is 1. The smallest absolute Gasteiger partial charge is 0.305 e. The van der Waals surface area contributed by atoms with Crippen molar-refractivity contribution in [1.82, 2.24) is 4.72 Å². The molecule has 0 heterocycles. The molecule has 3 aromatic carbocycles. The summed E-state index contributed by atoms with van der Waals surface area (Å²) in [5.41, 5.74) is 2.75. The predicted octanol–water partition coefficient (Wildman–Crippen LogP) is 4.49. The third-order valence-electron chi connectivity index (χ3n) is 5.50. The second kappa shape index (κ2) is 14.2. The fraction of sp³-hybridized carbons (Fsp3) is 0.286. The van der Waals surface area contributed by atoms with Gasteiger partial charge in [0.25, 0.3) is 0 Å². The average molecular weight is 509 g/mol. The van der Waals surface area contributed by atoms with E-state index >= 15 is 0 Å². The number of aryl methyl sites for hydroxylation is 1. The maximum atomic E-state index is 12.5. The third-order valence-corrected chi connectivity index (χ3v) is 6.97. The van der Waals surface area contributed by atoms with E-state index in [4.69, 9.17) is 4.74 Å². The lowest BCUT2D eigenvalue weighted by Crippen LogP contribution is -2.26. The van der Waals surface area contributed by atoms with Gasteiger partial charge in [-0.1, -0.05) is 60.7 Å². The fourth-order valence-corrected chi connectivity index (χ4v) is 4.60. The summed E-state index contributed by atoms with van der Waals surface area (Å²) in [4.78, 5) is 24.2. The molecule has 36 heavy (non-hydrogen) atoms. The van der Waals surface area contributed by atoms with Crippen molar-refractivity contribution in [2.24, 2.45) is 0 Å². The van der Waals surface area contributed by atoms with Crippen LogP contribution in [0.25, 0.3) is 0 Å². The van der Waals surface area contributed by atoms with Crippen LogP contribution >= 0.6 is 0 Å². The Hall–Kier alpha value is -3.49. The van der Waals surface area contributed by atoms with Gasteiger partial charge in [-0.05, 0) is 61.1 Å². The van der Waals surface area contributed by atoms with E-state index in [1.165, 1.54) is 17.7 Å². The molecular formula is C28H32N2O5S. The van der Waals surface area contributed by atoms with Gasteiger partial charge >= 0.3 is 5.97 Å². The SMILES string of the molecule is O=C(CCCC(=O)OCCCc1ccccc1)Nc1ccc(S(=O)(=O)NCCc2ccccc2)cc1. The lowest BCUT2D eigenvalue weighted by molar-refractivity contribution is -0.143. The molecule has 0 bridgehead atoms. The lowest BCUT2D eigenvalue weighted by atomic mass is 10.1. The van der Waals surface area contributed by atoms with Crippen LogP contribution in [0.1, 0.15) is 36.8 Å². The van der Waals surface area contributed by atoms with Gasteiger partial charge in [-0.2, -0.15) is 0 Å². The van der Waals surface area contributed by atoms with Crippen LogP contribution in [0.2, 0.25) is 0 Å². The largest absolute Gasteiger partial charge is 0.466 e. The molecule has 0 radical (unpaired) electrons. The van der Waals surface area contributed by atoms with Crippen molar-refractivity contribution in [3.63, 3.8) is 0 Å². The van der Waals surface area contributed by atoms with Gasteiger partial charge in [0.1, 0.15) is 0 Å². The van der Waals surface area contributed by atoms with E-state index in [1.807, 2.05) is 60.7 Å². The zero-order valence-corrected chi connectivity index (χ0v) is 21.0. The van der Waals surface area contributed by atoms with Crippen LogP contribution in [0.3, 0.4) is 0 Å². The highest BCUT2D eigenvalue weighted by Crippen LogP contribution is 2.15.